The van der Waals surface area contributed by atoms with E-state index in [-0.39, 0.29) is 31.2 Å². The van der Waals surface area contributed by atoms with E-state index in [1.165, 1.54) is 11.8 Å². The van der Waals surface area contributed by atoms with Gasteiger partial charge >= 0.3 is 0 Å². The summed E-state index contributed by atoms with van der Waals surface area (Å²) < 4.78 is 0. The summed E-state index contributed by atoms with van der Waals surface area (Å²) in [6.45, 7) is 6.64. The van der Waals surface area contributed by atoms with Gasteiger partial charge in [0.15, 0.2) is 0 Å². The Balaban J connectivity index is 1.94. The summed E-state index contributed by atoms with van der Waals surface area (Å²) in [4.78, 5) is 63.6. The molecule has 5 amide bonds. The third kappa shape index (κ3) is 9.34. The molecule has 5 N–H and O–H groups in total. The second-order valence-corrected chi connectivity index (χ2v) is 9.03. The monoisotopic (exact) mass is 515 g/mol. The maximum Gasteiger partial charge on any atom is 0.246 e. The SMILES string of the molecule is C=C(C)C(=O)NCC(=O)NCC(=O)N1CCCC1C(=O)NC(CCCC)C(=O)Nc1ccc(CO)cc1. The third-order valence-corrected chi connectivity index (χ3v) is 5.99. The second kappa shape index (κ2) is 14.7. The standard InChI is InChI=1S/C26H37N5O6/c1-4-5-7-20(25(36)29-19-11-9-18(16-32)10-12-19)30-26(37)21-8-6-13-31(21)23(34)15-27-22(33)14-28-24(35)17(2)3/h9-12,20-21,32H,2,4-8,13-16H2,1,3H3,(H,27,33)(H,28,35)(H,29,36)(H,30,37). The maximum atomic E-state index is 13.1. The van der Waals surface area contributed by atoms with Crippen LogP contribution in [-0.4, -0.2) is 71.3 Å². The number of aliphatic hydroxyl groups excluding tert-OH is 1. The van der Waals surface area contributed by atoms with Gasteiger partial charge in [0.05, 0.1) is 19.7 Å². The topological polar surface area (TPSA) is 157 Å². The van der Waals surface area contributed by atoms with Crippen molar-refractivity contribution >= 4 is 35.2 Å². The van der Waals surface area contributed by atoms with E-state index < -0.39 is 35.7 Å². The molecule has 2 unspecified atom stereocenters. The van der Waals surface area contributed by atoms with Gasteiger partial charge in [0.1, 0.15) is 12.1 Å². The van der Waals surface area contributed by atoms with Gasteiger partial charge in [0, 0.05) is 17.8 Å². The van der Waals surface area contributed by atoms with Gasteiger partial charge in [-0.2, -0.15) is 0 Å². The Kier molecular flexibility index (Phi) is 11.8. The lowest BCUT2D eigenvalue weighted by atomic mass is 10.1. The van der Waals surface area contributed by atoms with Crippen LogP contribution in [0.3, 0.4) is 0 Å². The Morgan fingerprint density at radius 1 is 1.11 bits per heavy atom. The predicted molar refractivity (Wildman–Crippen MR) is 138 cm³/mol. The van der Waals surface area contributed by atoms with Gasteiger partial charge in [0.25, 0.3) is 0 Å². The number of unbranched alkanes of at least 4 members (excludes halogenated alkanes) is 1. The molecule has 1 aliphatic heterocycles. The molecular formula is C26H37N5O6. The molecule has 2 atom stereocenters. The Bertz CT molecular complexity index is 994. The molecular weight excluding hydrogens is 478 g/mol. The van der Waals surface area contributed by atoms with Crippen LogP contribution in [0.1, 0.15) is 51.5 Å². The highest BCUT2D eigenvalue weighted by Crippen LogP contribution is 2.18. The number of carbonyl (C=O) groups excluding carboxylic acids is 5. The number of benzene rings is 1. The number of anilines is 1. The summed E-state index contributed by atoms with van der Waals surface area (Å²) >= 11 is 0. The predicted octanol–water partition coefficient (Wildman–Crippen LogP) is 0.592. The number of hydrogen-bond acceptors (Lipinski definition) is 6. The van der Waals surface area contributed by atoms with Crippen molar-refractivity contribution in [3.05, 3.63) is 42.0 Å². The van der Waals surface area contributed by atoms with E-state index in [9.17, 15) is 29.1 Å². The minimum atomic E-state index is -0.779. The number of nitrogens with one attached hydrogen (secondary N) is 4. The molecule has 1 aromatic carbocycles. The first-order valence-corrected chi connectivity index (χ1v) is 12.5. The Hall–Kier alpha value is -3.73. The summed E-state index contributed by atoms with van der Waals surface area (Å²) in [6, 6.07) is 5.23. The van der Waals surface area contributed by atoms with E-state index in [2.05, 4.69) is 27.8 Å². The molecule has 0 spiro atoms. The number of carbonyl (C=O) groups is 5. The number of likely N-dealkylation sites (tertiary alicyclic amines) is 1. The second-order valence-electron chi connectivity index (χ2n) is 9.03. The molecule has 1 fully saturated rings. The van der Waals surface area contributed by atoms with E-state index in [0.717, 1.165) is 12.8 Å². The molecule has 1 aromatic rings. The average Bonchev–Trinajstić information content (AvgIpc) is 3.38. The molecule has 1 heterocycles. The number of nitrogens with zero attached hydrogens (tertiary/aromatic N) is 1. The van der Waals surface area contributed by atoms with Gasteiger partial charge in [0.2, 0.25) is 29.5 Å². The van der Waals surface area contributed by atoms with Crippen LogP contribution in [0.25, 0.3) is 0 Å². The number of aliphatic hydroxyl groups is 1. The summed E-state index contributed by atoms with van der Waals surface area (Å²) in [6.07, 6.45) is 3.07. The minimum absolute atomic E-state index is 0.102. The fourth-order valence-corrected chi connectivity index (χ4v) is 3.86. The van der Waals surface area contributed by atoms with Crippen molar-refractivity contribution in [1.29, 1.82) is 0 Å². The van der Waals surface area contributed by atoms with Crippen LogP contribution in [0.15, 0.2) is 36.4 Å². The zero-order chi connectivity index (χ0) is 27.4. The normalized spacial score (nSPS) is 15.4. The van der Waals surface area contributed by atoms with Crippen LogP contribution in [-0.2, 0) is 30.6 Å². The fraction of sp³-hybridized carbons (Fsp3) is 0.500. The van der Waals surface area contributed by atoms with Crippen molar-refractivity contribution in [2.24, 2.45) is 0 Å². The molecule has 202 valence electrons. The molecule has 0 bridgehead atoms. The van der Waals surface area contributed by atoms with E-state index in [1.54, 1.807) is 24.3 Å². The molecule has 11 nitrogen and oxygen atoms in total. The highest BCUT2D eigenvalue weighted by molar-refractivity contribution is 5.99. The molecule has 1 aliphatic rings. The van der Waals surface area contributed by atoms with Crippen molar-refractivity contribution < 1.29 is 29.1 Å². The third-order valence-electron chi connectivity index (χ3n) is 5.99. The smallest absolute Gasteiger partial charge is 0.246 e. The van der Waals surface area contributed by atoms with Crippen LogP contribution in [0, 0.1) is 0 Å². The van der Waals surface area contributed by atoms with Gasteiger partial charge in [-0.15, -0.1) is 0 Å². The molecule has 2 rings (SSSR count). The average molecular weight is 516 g/mol. The van der Waals surface area contributed by atoms with Crippen LogP contribution in [0.4, 0.5) is 5.69 Å². The van der Waals surface area contributed by atoms with Crippen molar-refractivity contribution in [2.45, 2.75) is 64.6 Å². The lowest BCUT2D eigenvalue weighted by molar-refractivity contribution is -0.139. The van der Waals surface area contributed by atoms with Crippen LogP contribution in [0.2, 0.25) is 0 Å². The van der Waals surface area contributed by atoms with E-state index in [0.29, 0.717) is 37.1 Å². The summed E-state index contributed by atoms with van der Waals surface area (Å²) in [5, 5.41) is 19.6. The molecule has 1 saturated heterocycles. The first-order chi connectivity index (χ1) is 17.7. The lowest BCUT2D eigenvalue weighted by Gasteiger charge is -2.26. The molecule has 11 heteroatoms. The number of rotatable bonds is 13. The summed E-state index contributed by atoms with van der Waals surface area (Å²) in [5.41, 5.74) is 1.53. The Labute approximate surface area is 217 Å². The van der Waals surface area contributed by atoms with Crippen LogP contribution < -0.4 is 21.3 Å². The van der Waals surface area contributed by atoms with E-state index in [1.807, 2.05) is 6.92 Å². The Morgan fingerprint density at radius 3 is 2.43 bits per heavy atom. The first kappa shape index (κ1) is 29.5. The maximum absolute atomic E-state index is 13.1. The Morgan fingerprint density at radius 2 is 1.81 bits per heavy atom. The summed E-state index contributed by atoms with van der Waals surface area (Å²) in [5.74, 6) is -2.19. The highest BCUT2D eigenvalue weighted by atomic mass is 16.3. The summed E-state index contributed by atoms with van der Waals surface area (Å²) in [7, 11) is 0. The van der Waals surface area contributed by atoms with Gasteiger partial charge < -0.3 is 31.3 Å². The molecule has 0 saturated carbocycles. The van der Waals surface area contributed by atoms with Crippen molar-refractivity contribution in [3.8, 4) is 0 Å². The van der Waals surface area contributed by atoms with Gasteiger partial charge in [-0.1, -0.05) is 38.5 Å². The molecule has 0 radical (unpaired) electrons. The van der Waals surface area contributed by atoms with Crippen molar-refractivity contribution in [2.75, 3.05) is 25.0 Å². The molecule has 37 heavy (non-hydrogen) atoms. The number of hydrogen-bond donors (Lipinski definition) is 5. The van der Waals surface area contributed by atoms with E-state index >= 15 is 0 Å². The zero-order valence-corrected chi connectivity index (χ0v) is 21.5. The first-order valence-electron chi connectivity index (χ1n) is 12.5. The zero-order valence-electron chi connectivity index (χ0n) is 21.5. The fourth-order valence-electron chi connectivity index (χ4n) is 3.86. The van der Waals surface area contributed by atoms with Crippen LogP contribution >= 0.6 is 0 Å². The quantitative estimate of drug-likeness (QED) is 0.242. The molecule has 0 aromatic heterocycles. The van der Waals surface area contributed by atoms with E-state index in [4.69, 9.17) is 0 Å². The number of amides is 5. The minimum Gasteiger partial charge on any atom is -0.392 e. The largest absolute Gasteiger partial charge is 0.392 e. The van der Waals surface area contributed by atoms with Crippen LogP contribution in [0.5, 0.6) is 0 Å². The molecule has 0 aliphatic carbocycles. The van der Waals surface area contributed by atoms with Crippen molar-refractivity contribution in [3.63, 3.8) is 0 Å². The van der Waals surface area contributed by atoms with Gasteiger partial charge in [-0.25, -0.2) is 0 Å². The van der Waals surface area contributed by atoms with Gasteiger partial charge in [-0.05, 0) is 43.9 Å². The lowest BCUT2D eigenvalue weighted by Crippen LogP contribution is -2.53. The van der Waals surface area contributed by atoms with Crippen molar-refractivity contribution in [1.82, 2.24) is 20.9 Å². The van der Waals surface area contributed by atoms with Gasteiger partial charge in [-0.3, -0.25) is 24.0 Å². The highest BCUT2D eigenvalue weighted by Gasteiger charge is 2.35.